The molecule has 0 saturated heterocycles. The molecule has 0 unspecified atom stereocenters. The topological polar surface area (TPSA) is 62.2 Å². The normalized spacial score (nSPS) is 10.9. The third kappa shape index (κ3) is 4.29. The SMILES string of the molecule is CNCCNc1cnn(CCN(C)C)c(=O)c1Cl. The van der Waals surface area contributed by atoms with E-state index in [1.165, 1.54) is 4.68 Å². The quantitative estimate of drug-likeness (QED) is 0.690. The monoisotopic (exact) mass is 273 g/mol. The first-order valence-electron chi connectivity index (χ1n) is 5.85. The first-order valence-corrected chi connectivity index (χ1v) is 6.23. The van der Waals surface area contributed by atoms with Crippen molar-refractivity contribution in [3.63, 3.8) is 0 Å². The zero-order valence-electron chi connectivity index (χ0n) is 11.0. The maximum Gasteiger partial charge on any atom is 0.287 e. The Balaban J connectivity index is 2.75. The van der Waals surface area contributed by atoms with Gasteiger partial charge in [0.1, 0.15) is 5.02 Å². The molecule has 0 radical (unpaired) electrons. The Morgan fingerprint density at radius 2 is 2.17 bits per heavy atom. The number of hydrogen-bond donors (Lipinski definition) is 2. The lowest BCUT2D eigenvalue weighted by molar-refractivity contribution is 0.367. The summed E-state index contributed by atoms with van der Waals surface area (Å²) in [5.41, 5.74) is 0.325. The standard InChI is InChI=1S/C11H20ClN5O/c1-13-4-5-14-9-8-15-17(7-6-16(2)3)11(18)10(9)12/h8,13-14H,4-7H2,1-3H3. The molecule has 0 saturated carbocycles. The minimum Gasteiger partial charge on any atom is -0.381 e. The van der Waals surface area contributed by atoms with Crippen molar-refractivity contribution in [2.45, 2.75) is 6.54 Å². The lowest BCUT2D eigenvalue weighted by Crippen LogP contribution is -2.29. The molecule has 1 rings (SSSR count). The zero-order chi connectivity index (χ0) is 13.5. The van der Waals surface area contributed by atoms with Crippen LogP contribution in [0.1, 0.15) is 0 Å². The van der Waals surface area contributed by atoms with E-state index in [2.05, 4.69) is 15.7 Å². The molecular formula is C11H20ClN5O. The first-order chi connectivity index (χ1) is 8.56. The van der Waals surface area contributed by atoms with Crippen molar-refractivity contribution in [2.75, 3.05) is 46.1 Å². The Morgan fingerprint density at radius 1 is 1.44 bits per heavy atom. The second-order valence-corrected chi connectivity index (χ2v) is 4.61. The lowest BCUT2D eigenvalue weighted by atomic mass is 10.4. The molecule has 7 heteroatoms. The summed E-state index contributed by atoms with van der Waals surface area (Å²) >= 11 is 6.02. The van der Waals surface area contributed by atoms with Crippen LogP contribution < -0.4 is 16.2 Å². The summed E-state index contributed by atoms with van der Waals surface area (Å²) in [5.74, 6) is 0. The van der Waals surface area contributed by atoms with E-state index in [4.69, 9.17) is 11.6 Å². The summed E-state index contributed by atoms with van der Waals surface area (Å²) in [5, 5.41) is 10.4. The molecule has 1 aromatic rings. The van der Waals surface area contributed by atoms with Gasteiger partial charge in [-0.15, -0.1) is 0 Å². The fraction of sp³-hybridized carbons (Fsp3) is 0.636. The van der Waals surface area contributed by atoms with Crippen LogP contribution in [-0.4, -0.2) is 55.5 Å². The molecule has 1 aromatic heterocycles. The van der Waals surface area contributed by atoms with Crippen LogP contribution >= 0.6 is 11.6 Å². The molecular weight excluding hydrogens is 254 g/mol. The highest BCUT2D eigenvalue weighted by Crippen LogP contribution is 2.14. The Bertz CT molecular complexity index is 432. The molecule has 0 aliphatic rings. The third-order valence-electron chi connectivity index (χ3n) is 2.43. The predicted molar refractivity (Wildman–Crippen MR) is 74.5 cm³/mol. The molecule has 102 valence electrons. The fourth-order valence-corrected chi connectivity index (χ4v) is 1.58. The van der Waals surface area contributed by atoms with Crippen molar-refractivity contribution in [3.05, 3.63) is 21.6 Å². The highest BCUT2D eigenvalue weighted by molar-refractivity contribution is 6.32. The van der Waals surface area contributed by atoms with Crippen molar-refractivity contribution < 1.29 is 0 Å². The second-order valence-electron chi connectivity index (χ2n) is 4.23. The Morgan fingerprint density at radius 3 is 2.78 bits per heavy atom. The second kappa shape index (κ2) is 7.35. The van der Waals surface area contributed by atoms with Crippen LogP contribution in [0.15, 0.2) is 11.0 Å². The first kappa shape index (κ1) is 14.9. The molecule has 0 aromatic carbocycles. The summed E-state index contributed by atoms with van der Waals surface area (Å²) < 4.78 is 1.38. The van der Waals surface area contributed by atoms with Crippen LogP contribution in [0.4, 0.5) is 5.69 Å². The van der Waals surface area contributed by atoms with E-state index in [0.29, 0.717) is 18.8 Å². The average molecular weight is 274 g/mol. The number of halogens is 1. The number of rotatable bonds is 7. The van der Waals surface area contributed by atoms with Gasteiger partial charge in [-0.1, -0.05) is 11.6 Å². The Kier molecular flexibility index (Phi) is 6.11. The van der Waals surface area contributed by atoms with E-state index in [1.54, 1.807) is 6.20 Å². The van der Waals surface area contributed by atoms with Gasteiger partial charge in [-0.25, -0.2) is 4.68 Å². The van der Waals surface area contributed by atoms with Gasteiger partial charge in [0.25, 0.3) is 5.56 Å². The van der Waals surface area contributed by atoms with Gasteiger partial charge < -0.3 is 15.5 Å². The third-order valence-corrected chi connectivity index (χ3v) is 2.80. The Hall–Kier alpha value is -1.11. The minimum atomic E-state index is -0.257. The molecule has 18 heavy (non-hydrogen) atoms. The molecule has 6 nitrogen and oxygen atoms in total. The van der Waals surface area contributed by atoms with Crippen molar-refractivity contribution in [1.82, 2.24) is 20.0 Å². The summed E-state index contributed by atoms with van der Waals surface area (Å²) in [6.07, 6.45) is 1.59. The summed E-state index contributed by atoms with van der Waals surface area (Å²) in [6.45, 7) is 2.76. The van der Waals surface area contributed by atoms with Crippen LogP contribution in [0.25, 0.3) is 0 Å². The van der Waals surface area contributed by atoms with E-state index >= 15 is 0 Å². The smallest absolute Gasteiger partial charge is 0.287 e. The number of anilines is 1. The lowest BCUT2D eigenvalue weighted by Gasteiger charge is -2.12. The van der Waals surface area contributed by atoms with Crippen LogP contribution in [0.5, 0.6) is 0 Å². The van der Waals surface area contributed by atoms with Gasteiger partial charge in [0.2, 0.25) is 0 Å². The summed E-state index contributed by atoms with van der Waals surface area (Å²) in [6, 6.07) is 0. The van der Waals surface area contributed by atoms with Crippen LogP contribution in [0.2, 0.25) is 5.02 Å². The van der Waals surface area contributed by atoms with Crippen molar-refractivity contribution in [3.8, 4) is 0 Å². The van der Waals surface area contributed by atoms with E-state index in [1.807, 2.05) is 26.0 Å². The van der Waals surface area contributed by atoms with Crippen molar-refractivity contribution in [1.29, 1.82) is 0 Å². The molecule has 0 aliphatic heterocycles. The number of nitrogens with zero attached hydrogens (tertiary/aromatic N) is 3. The van der Waals surface area contributed by atoms with Crippen molar-refractivity contribution in [2.24, 2.45) is 0 Å². The molecule has 1 heterocycles. The van der Waals surface area contributed by atoms with Gasteiger partial charge in [0.15, 0.2) is 0 Å². The number of hydrogen-bond acceptors (Lipinski definition) is 5. The van der Waals surface area contributed by atoms with Crippen LogP contribution in [0.3, 0.4) is 0 Å². The largest absolute Gasteiger partial charge is 0.381 e. The highest BCUT2D eigenvalue weighted by Gasteiger charge is 2.08. The van der Waals surface area contributed by atoms with E-state index < -0.39 is 0 Å². The minimum absolute atomic E-state index is 0.194. The van der Waals surface area contributed by atoms with Crippen molar-refractivity contribution >= 4 is 17.3 Å². The maximum absolute atomic E-state index is 11.9. The van der Waals surface area contributed by atoms with E-state index in [9.17, 15) is 4.79 Å². The van der Waals surface area contributed by atoms with E-state index in [-0.39, 0.29) is 10.6 Å². The average Bonchev–Trinajstić information content (AvgIpc) is 2.33. The fourth-order valence-electron chi connectivity index (χ4n) is 1.36. The number of likely N-dealkylation sites (N-methyl/N-ethyl adjacent to an activating group) is 2. The van der Waals surface area contributed by atoms with Gasteiger partial charge in [0.05, 0.1) is 18.4 Å². The summed E-state index contributed by atoms with van der Waals surface area (Å²) in [4.78, 5) is 13.9. The van der Waals surface area contributed by atoms with E-state index in [0.717, 1.165) is 13.1 Å². The predicted octanol–water partition coefficient (Wildman–Crippen LogP) is 0.0896. The molecule has 0 fully saturated rings. The van der Waals surface area contributed by atoms with Gasteiger partial charge in [0, 0.05) is 19.6 Å². The van der Waals surface area contributed by atoms with Gasteiger partial charge >= 0.3 is 0 Å². The zero-order valence-corrected chi connectivity index (χ0v) is 11.8. The van der Waals surface area contributed by atoms with Gasteiger partial charge in [-0.3, -0.25) is 4.79 Å². The molecule has 0 bridgehead atoms. The molecule has 0 amide bonds. The maximum atomic E-state index is 11.9. The molecule has 2 N–H and O–H groups in total. The molecule has 0 spiro atoms. The van der Waals surface area contributed by atoms with Gasteiger partial charge in [-0.2, -0.15) is 5.10 Å². The summed E-state index contributed by atoms with van der Waals surface area (Å²) in [7, 11) is 5.75. The molecule has 0 aliphatic carbocycles. The number of aromatic nitrogens is 2. The van der Waals surface area contributed by atoms with Gasteiger partial charge in [-0.05, 0) is 21.1 Å². The molecule has 0 atom stereocenters. The van der Waals surface area contributed by atoms with Crippen LogP contribution in [0, 0.1) is 0 Å². The number of nitrogens with one attached hydrogen (secondary N) is 2. The highest BCUT2D eigenvalue weighted by atomic mass is 35.5. The van der Waals surface area contributed by atoms with Crippen LogP contribution in [-0.2, 0) is 6.54 Å². The Labute approximate surface area is 112 Å².